The van der Waals surface area contributed by atoms with Crippen molar-refractivity contribution in [2.24, 2.45) is 0 Å². The summed E-state index contributed by atoms with van der Waals surface area (Å²) in [6.45, 7) is 1.71. The molecule has 0 aliphatic heterocycles. The second kappa shape index (κ2) is 5.05. The summed E-state index contributed by atoms with van der Waals surface area (Å²) in [6, 6.07) is 11.0. The molecule has 0 spiro atoms. The molecule has 0 fully saturated rings. The maximum absolute atomic E-state index is 12.3. The zero-order valence-corrected chi connectivity index (χ0v) is 12.6. The Morgan fingerprint density at radius 3 is 2.57 bits per heavy atom. The van der Waals surface area contributed by atoms with Crippen LogP contribution >= 0.6 is 11.6 Å². The quantitative estimate of drug-likeness (QED) is 0.799. The van der Waals surface area contributed by atoms with Gasteiger partial charge in [0.2, 0.25) is 0 Å². The molecule has 0 saturated heterocycles. The molecule has 1 heterocycles. The Hall–Kier alpha value is -2.05. The van der Waals surface area contributed by atoms with Gasteiger partial charge in [-0.25, -0.2) is 13.4 Å². The molecule has 0 amide bonds. The van der Waals surface area contributed by atoms with Gasteiger partial charge in [-0.1, -0.05) is 11.6 Å². The maximum atomic E-state index is 12.3. The lowest BCUT2D eigenvalue weighted by Gasteiger charge is -2.07. The first-order valence-corrected chi connectivity index (χ1v) is 7.96. The van der Waals surface area contributed by atoms with E-state index in [1.54, 1.807) is 37.3 Å². The van der Waals surface area contributed by atoms with E-state index >= 15 is 0 Å². The minimum Gasteiger partial charge on any atom is -0.441 e. The van der Waals surface area contributed by atoms with Crippen molar-refractivity contribution in [2.45, 2.75) is 11.8 Å². The number of fused-ring (bicyclic) bond motifs is 1. The molecule has 3 aromatic rings. The molecule has 0 aliphatic rings. The lowest BCUT2D eigenvalue weighted by Crippen LogP contribution is -2.12. The van der Waals surface area contributed by atoms with E-state index in [0.717, 1.165) is 0 Å². The summed E-state index contributed by atoms with van der Waals surface area (Å²) in [5.41, 5.74) is 1.50. The highest BCUT2D eigenvalue weighted by molar-refractivity contribution is 7.92. The highest BCUT2D eigenvalue weighted by Gasteiger charge is 2.16. The van der Waals surface area contributed by atoms with Gasteiger partial charge in [-0.05, 0) is 36.4 Å². The van der Waals surface area contributed by atoms with E-state index in [2.05, 4.69) is 9.71 Å². The van der Waals surface area contributed by atoms with E-state index in [9.17, 15) is 8.42 Å². The Morgan fingerprint density at radius 2 is 1.86 bits per heavy atom. The molecule has 0 radical (unpaired) electrons. The zero-order chi connectivity index (χ0) is 15.0. The van der Waals surface area contributed by atoms with Crippen LogP contribution in [0.15, 0.2) is 51.8 Å². The zero-order valence-electron chi connectivity index (χ0n) is 11.0. The van der Waals surface area contributed by atoms with Gasteiger partial charge in [0.25, 0.3) is 10.0 Å². The first-order valence-electron chi connectivity index (χ1n) is 6.10. The normalized spacial score (nSPS) is 11.7. The molecule has 3 rings (SSSR count). The number of hydrogen-bond acceptors (Lipinski definition) is 4. The van der Waals surface area contributed by atoms with Gasteiger partial charge in [0.05, 0.1) is 4.90 Å². The summed E-state index contributed by atoms with van der Waals surface area (Å²) in [5, 5.41) is 0.538. The Balaban J connectivity index is 1.97. The molecule has 2 aromatic carbocycles. The highest BCUT2D eigenvalue weighted by atomic mass is 35.5. The Bertz CT molecular complexity index is 902. The number of oxazole rings is 1. The predicted molar refractivity (Wildman–Crippen MR) is 81.0 cm³/mol. The topological polar surface area (TPSA) is 72.2 Å². The van der Waals surface area contributed by atoms with Crippen molar-refractivity contribution < 1.29 is 12.8 Å². The summed E-state index contributed by atoms with van der Waals surface area (Å²) < 4.78 is 32.5. The number of nitrogens with one attached hydrogen (secondary N) is 1. The first-order chi connectivity index (χ1) is 9.94. The average Bonchev–Trinajstić information content (AvgIpc) is 2.80. The third-order valence-electron chi connectivity index (χ3n) is 2.87. The molecular formula is C14H11ClN2O3S. The minimum atomic E-state index is -3.69. The van der Waals surface area contributed by atoms with Crippen LogP contribution in [0.3, 0.4) is 0 Å². The van der Waals surface area contributed by atoms with Crippen molar-refractivity contribution in [3.63, 3.8) is 0 Å². The van der Waals surface area contributed by atoms with Gasteiger partial charge >= 0.3 is 0 Å². The number of benzene rings is 2. The molecule has 0 aliphatic carbocycles. The van der Waals surface area contributed by atoms with E-state index in [4.69, 9.17) is 16.0 Å². The van der Waals surface area contributed by atoms with Crippen LogP contribution in [0, 0.1) is 6.92 Å². The lowest BCUT2D eigenvalue weighted by molar-refractivity contribution is 0.559. The fraction of sp³-hybridized carbons (Fsp3) is 0.0714. The van der Waals surface area contributed by atoms with Crippen LogP contribution in [0.4, 0.5) is 5.69 Å². The fourth-order valence-corrected chi connectivity index (χ4v) is 3.12. The van der Waals surface area contributed by atoms with Crippen LogP contribution in [-0.2, 0) is 10.0 Å². The van der Waals surface area contributed by atoms with Gasteiger partial charge in [0, 0.05) is 23.7 Å². The molecule has 0 saturated carbocycles. The lowest BCUT2D eigenvalue weighted by atomic mass is 10.3. The largest absolute Gasteiger partial charge is 0.441 e. The van der Waals surface area contributed by atoms with Crippen molar-refractivity contribution >= 4 is 38.4 Å². The molecule has 0 unspecified atom stereocenters. The number of halogens is 1. The van der Waals surface area contributed by atoms with E-state index in [-0.39, 0.29) is 4.90 Å². The molecule has 108 valence electrons. The minimum absolute atomic E-state index is 0.112. The Kier molecular flexibility index (Phi) is 3.35. The molecule has 5 nitrogen and oxygen atoms in total. The summed E-state index contributed by atoms with van der Waals surface area (Å²) >= 11 is 5.77. The Morgan fingerprint density at radius 1 is 1.14 bits per heavy atom. The van der Waals surface area contributed by atoms with Gasteiger partial charge in [-0.2, -0.15) is 0 Å². The number of sulfonamides is 1. The van der Waals surface area contributed by atoms with Gasteiger partial charge in [0.15, 0.2) is 11.5 Å². The molecule has 1 N–H and O–H groups in total. The third-order valence-corrected chi connectivity index (χ3v) is 4.50. The number of hydrogen-bond donors (Lipinski definition) is 1. The van der Waals surface area contributed by atoms with Crippen LogP contribution in [0.1, 0.15) is 5.89 Å². The van der Waals surface area contributed by atoms with Crippen LogP contribution < -0.4 is 4.72 Å². The van der Waals surface area contributed by atoms with Crippen molar-refractivity contribution in [2.75, 3.05) is 4.72 Å². The molecule has 0 atom stereocenters. The van der Waals surface area contributed by atoms with Crippen LogP contribution in [-0.4, -0.2) is 13.4 Å². The second-order valence-corrected chi connectivity index (χ2v) is 6.59. The van der Waals surface area contributed by atoms with Gasteiger partial charge in [-0.3, -0.25) is 4.72 Å². The number of rotatable bonds is 3. The SMILES string of the molecule is Cc1nc2ccc(S(=O)(=O)Nc3ccc(Cl)cc3)cc2o1. The second-order valence-electron chi connectivity index (χ2n) is 4.47. The molecule has 7 heteroatoms. The predicted octanol–water partition coefficient (Wildman–Crippen LogP) is 3.59. The molecular weight excluding hydrogens is 312 g/mol. The van der Waals surface area contributed by atoms with E-state index in [1.165, 1.54) is 12.1 Å². The van der Waals surface area contributed by atoms with Gasteiger partial charge < -0.3 is 4.42 Å². The van der Waals surface area contributed by atoms with Crippen molar-refractivity contribution in [1.82, 2.24) is 4.98 Å². The van der Waals surface area contributed by atoms with E-state index in [1.807, 2.05) is 0 Å². The molecule has 1 aromatic heterocycles. The smallest absolute Gasteiger partial charge is 0.262 e. The number of aromatic nitrogens is 1. The van der Waals surface area contributed by atoms with Crippen LogP contribution in [0.25, 0.3) is 11.1 Å². The average molecular weight is 323 g/mol. The van der Waals surface area contributed by atoms with E-state index in [0.29, 0.717) is 27.7 Å². The first kappa shape index (κ1) is 13.9. The van der Waals surface area contributed by atoms with Crippen molar-refractivity contribution in [3.05, 3.63) is 53.4 Å². The number of nitrogens with zero attached hydrogens (tertiary/aromatic N) is 1. The summed E-state index contributed by atoms with van der Waals surface area (Å²) in [6.07, 6.45) is 0. The van der Waals surface area contributed by atoms with Gasteiger partial charge in [-0.15, -0.1) is 0 Å². The standard InChI is InChI=1S/C14H11ClN2O3S/c1-9-16-13-7-6-12(8-14(13)20-9)21(18,19)17-11-4-2-10(15)3-5-11/h2-8,17H,1H3. The maximum Gasteiger partial charge on any atom is 0.262 e. The van der Waals surface area contributed by atoms with Crippen LogP contribution in [0.2, 0.25) is 5.02 Å². The molecule has 0 bridgehead atoms. The Labute approximate surface area is 126 Å². The van der Waals surface area contributed by atoms with Gasteiger partial charge in [0.1, 0.15) is 5.52 Å². The van der Waals surface area contributed by atoms with Crippen LogP contribution in [0.5, 0.6) is 0 Å². The van der Waals surface area contributed by atoms with E-state index < -0.39 is 10.0 Å². The summed E-state index contributed by atoms with van der Waals surface area (Å²) in [7, 11) is -3.69. The fourth-order valence-electron chi connectivity index (χ4n) is 1.92. The van der Waals surface area contributed by atoms with Crippen molar-refractivity contribution in [3.8, 4) is 0 Å². The summed E-state index contributed by atoms with van der Waals surface area (Å²) in [5.74, 6) is 0.491. The number of anilines is 1. The monoisotopic (exact) mass is 322 g/mol. The third kappa shape index (κ3) is 2.86. The molecule has 21 heavy (non-hydrogen) atoms. The number of aryl methyl sites for hydroxylation is 1. The summed E-state index contributed by atoms with van der Waals surface area (Å²) in [4.78, 5) is 4.25. The highest BCUT2D eigenvalue weighted by Crippen LogP contribution is 2.22. The van der Waals surface area contributed by atoms with Crippen molar-refractivity contribution in [1.29, 1.82) is 0 Å².